The van der Waals surface area contributed by atoms with E-state index in [1.54, 1.807) is 17.4 Å². The van der Waals surface area contributed by atoms with Gasteiger partial charge in [0.1, 0.15) is 29.9 Å². The van der Waals surface area contributed by atoms with Gasteiger partial charge in [0.05, 0.1) is 11.5 Å². The molecule has 63 heavy (non-hydrogen) atoms. The number of piperidine rings is 1. The summed E-state index contributed by atoms with van der Waals surface area (Å²) in [6.07, 6.45) is 2.83. The number of imide groups is 1. The highest BCUT2D eigenvalue weighted by Gasteiger charge is 2.41. The van der Waals surface area contributed by atoms with Crippen LogP contribution in [-0.4, -0.2) is 68.2 Å². The lowest BCUT2D eigenvalue weighted by molar-refractivity contribution is -0.136. The normalized spacial score (nSPS) is 14.8. The van der Waals surface area contributed by atoms with Gasteiger partial charge in [-0.2, -0.15) is 0 Å². The van der Waals surface area contributed by atoms with Crippen molar-refractivity contribution in [1.29, 1.82) is 0 Å². The van der Waals surface area contributed by atoms with E-state index in [1.807, 2.05) is 72.8 Å². The Bertz CT molecular complexity index is 2560. The maximum Gasteiger partial charge on any atom is 0.259 e. The third kappa shape index (κ3) is 11.0. The lowest BCUT2D eigenvalue weighted by Gasteiger charge is -2.30. The largest absolute Gasteiger partial charge is 0.494 e. The number of ether oxygens (including phenoxy) is 5. The molecule has 0 bridgehead atoms. The molecule has 2 aliphatic rings. The van der Waals surface area contributed by atoms with Gasteiger partial charge in [-0.3, -0.25) is 24.6 Å². The van der Waals surface area contributed by atoms with E-state index in [2.05, 4.69) is 69.5 Å². The first-order valence-corrected chi connectivity index (χ1v) is 22.7. The number of nitrogens with zero attached hydrogens (tertiary/aromatic N) is 1. The predicted molar refractivity (Wildman–Crippen MR) is 250 cm³/mol. The van der Waals surface area contributed by atoms with Crippen LogP contribution < -0.4 is 24.8 Å². The van der Waals surface area contributed by atoms with Crippen molar-refractivity contribution in [3.05, 3.63) is 143 Å². The maximum absolute atomic E-state index is 13.1. The van der Waals surface area contributed by atoms with Crippen LogP contribution in [0.2, 0.25) is 0 Å². The molecule has 3 heterocycles. The van der Waals surface area contributed by atoms with Crippen LogP contribution in [0.3, 0.4) is 0 Å². The number of anilines is 1. The van der Waals surface area contributed by atoms with Gasteiger partial charge in [0, 0.05) is 82.9 Å². The highest BCUT2D eigenvalue weighted by atomic mass is 79.9. The van der Waals surface area contributed by atoms with E-state index >= 15 is 0 Å². The van der Waals surface area contributed by atoms with Crippen LogP contribution in [0.5, 0.6) is 23.0 Å². The lowest BCUT2D eigenvalue weighted by atomic mass is 10.0. The second-order valence-corrected chi connectivity index (χ2v) is 17.2. The number of halogens is 1. The van der Waals surface area contributed by atoms with E-state index in [0.717, 1.165) is 78.5 Å². The van der Waals surface area contributed by atoms with Crippen molar-refractivity contribution in [3.8, 4) is 33.4 Å². The van der Waals surface area contributed by atoms with Gasteiger partial charge in [-0.05, 0) is 103 Å². The summed E-state index contributed by atoms with van der Waals surface area (Å²) in [5.74, 6) is 2.05. The number of thiophene rings is 1. The third-order valence-corrected chi connectivity index (χ3v) is 12.4. The molecule has 3 amide bonds. The molecule has 6 aromatic rings. The Morgan fingerprint density at radius 3 is 2.22 bits per heavy atom. The Labute approximate surface area is 379 Å². The summed E-state index contributed by atoms with van der Waals surface area (Å²) in [4.78, 5) is 39.5. The Kier molecular flexibility index (Phi) is 14.5. The minimum Gasteiger partial charge on any atom is -0.494 e. The molecule has 1 saturated heterocycles. The summed E-state index contributed by atoms with van der Waals surface area (Å²) in [5.41, 5.74) is 4.71. The average molecular weight is 931 g/mol. The van der Waals surface area contributed by atoms with Crippen molar-refractivity contribution < 1.29 is 38.1 Å². The topological polar surface area (TPSA) is 125 Å². The van der Waals surface area contributed by atoms with Gasteiger partial charge in [-0.25, -0.2) is 0 Å². The van der Waals surface area contributed by atoms with E-state index in [4.69, 9.17) is 23.7 Å². The summed E-state index contributed by atoms with van der Waals surface area (Å²) < 4.78 is 32.4. The number of benzene rings is 5. The van der Waals surface area contributed by atoms with Gasteiger partial charge in [0.25, 0.3) is 5.91 Å². The average Bonchev–Trinajstić information content (AvgIpc) is 3.77. The fourth-order valence-electron chi connectivity index (χ4n) is 7.44. The summed E-state index contributed by atoms with van der Waals surface area (Å²) >= 11 is 5.24. The van der Waals surface area contributed by atoms with Gasteiger partial charge < -0.3 is 29.0 Å². The number of nitrogens with one attached hydrogen (secondary N) is 2. The van der Waals surface area contributed by atoms with Gasteiger partial charge in [0.2, 0.25) is 11.8 Å². The molecule has 0 aliphatic carbocycles. The quantitative estimate of drug-likeness (QED) is 0.0536. The molecule has 13 heteroatoms. The number of hydrogen-bond donors (Lipinski definition) is 2. The van der Waals surface area contributed by atoms with Crippen molar-refractivity contribution in [2.75, 3.05) is 44.9 Å². The first-order chi connectivity index (χ1) is 30.8. The summed E-state index contributed by atoms with van der Waals surface area (Å²) in [6, 6.07) is 37.0. The van der Waals surface area contributed by atoms with E-state index in [1.165, 1.54) is 4.90 Å². The van der Waals surface area contributed by atoms with Gasteiger partial charge in [-0.15, -0.1) is 11.3 Å². The SMILES string of the molecule is C=C1c2cc(NCCCOCCCOCCCOc3ccc(Oc4c(-c5ccc(Br)cc5)sc5cc(OCc6ccccc6)ccc45)cc3)ccc2C(=O)N1C1CCC(=O)NC1=O. The molecule has 1 fully saturated rings. The number of carbonyl (C=O) groups is 3. The molecule has 2 aliphatic heterocycles. The first kappa shape index (κ1) is 43.7. The molecule has 0 saturated carbocycles. The van der Waals surface area contributed by atoms with E-state index in [0.29, 0.717) is 63.0 Å². The lowest BCUT2D eigenvalue weighted by Crippen LogP contribution is -2.52. The molecule has 0 radical (unpaired) electrons. The Balaban J connectivity index is 0.711. The van der Waals surface area contributed by atoms with E-state index < -0.39 is 11.9 Å². The number of carbonyl (C=O) groups excluding carboxylic acids is 3. The zero-order chi connectivity index (χ0) is 43.5. The van der Waals surface area contributed by atoms with Crippen molar-refractivity contribution in [3.63, 3.8) is 0 Å². The molecular formula is C50H48BrN3O8S. The Morgan fingerprint density at radius 1 is 0.746 bits per heavy atom. The third-order valence-electron chi connectivity index (χ3n) is 10.7. The van der Waals surface area contributed by atoms with Crippen molar-refractivity contribution in [1.82, 2.24) is 10.2 Å². The maximum atomic E-state index is 13.1. The summed E-state index contributed by atoms with van der Waals surface area (Å²) in [5, 5.41) is 6.72. The fourth-order valence-corrected chi connectivity index (χ4v) is 8.87. The second kappa shape index (κ2) is 20.9. The molecule has 1 unspecified atom stereocenters. The fraction of sp³-hybridized carbons (Fsp3) is 0.260. The van der Waals surface area contributed by atoms with Crippen molar-refractivity contribution in [2.24, 2.45) is 0 Å². The van der Waals surface area contributed by atoms with E-state index in [9.17, 15) is 14.4 Å². The Morgan fingerprint density at radius 2 is 1.46 bits per heavy atom. The van der Waals surface area contributed by atoms with Gasteiger partial charge >= 0.3 is 0 Å². The number of hydrogen-bond acceptors (Lipinski definition) is 10. The molecule has 5 aromatic carbocycles. The molecule has 1 aromatic heterocycles. The molecule has 11 nitrogen and oxygen atoms in total. The predicted octanol–water partition coefficient (Wildman–Crippen LogP) is 10.6. The highest BCUT2D eigenvalue weighted by Crippen LogP contribution is 2.47. The molecule has 2 N–H and O–H groups in total. The van der Waals surface area contributed by atoms with Crippen LogP contribution in [0.1, 0.15) is 53.6 Å². The van der Waals surface area contributed by atoms with Gasteiger partial charge in [-0.1, -0.05) is 65.0 Å². The van der Waals surface area contributed by atoms with Crippen LogP contribution in [0, 0.1) is 0 Å². The van der Waals surface area contributed by atoms with Crippen LogP contribution in [-0.2, 0) is 25.7 Å². The number of rotatable bonds is 21. The molecule has 0 spiro atoms. The zero-order valence-electron chi connectivity index (χ0n) is 34.7. The molecule has 1 atom stereocenters. The minimum atomic E-state index is -0.735. The van der Waals surface area contributed by atoms with E-state index in [-0.39, 0.29) is 24.7 Å². The van der Waals surface area contributed by atoms with Crippen LogP contribution >= 0.6 is 27.3 Å². The molecule has 8 rings (SSSR count). The summed E-state index contributed by atoms with van der Waals surface area (Å²) in [6.45, 7) is 8.23. The van der Waals surface area contributed by atoms with Crippen LogP contribution in [0.25, 0.3) is 26.2 Å². The monoisotopic (exact) mass is 929 g/mol. The van der Waals surface area contributed by atoms with Crippen molar-refractivity contribution in [2.45, 2.75) is 44.8 Å². The zero-order valence-corrected chi connectivity index (χ0v) is 37.1. The number of amides is 3. The summed E-state index contributed by atoms with van der Waals surface area (Å²) in [7, 11) is 0. The first-order valence-electron chi connectivity index (χ1n) is 21.1. The van der Waals surface area contributed by atoms with Crippen molar-refractivity contribution >= 4 is 66.5 Å². The smallest absolute Gasteiger partial charge is 0.259 e. The minimum absolute atomic E-state index is 0.191. The van der Waals surface area contributed by atoms with Gasteiger partial charge in [0.15, 0.2) is 5.75 Å². The second-order valence-electron chi connectivity index (χ2n) is 15.2. The van der Waals surface area contributed by atoms with Crippen LogP contribution in [0.15, 0.2) is 126 Å². The molecular weight excluding hydrogens is 883 g/mol. The van der Waals surface area contributed by atoms with Crippen LogP contribution in [0.4, 0.5) is 5.69 Å². The Hall–Kier alpha value is -5.99. The molecule has 324 valence electrons. The number of fused-ring (bicyclic) bond motifs is 2. The standard InChI is InChI=1S/C50H48BrN3O8S/c1-33-43-30-37(14-20-41(43)50(57)54(33)44-22-23-46(55)53-49(44)56)52-24-5-25-58-26-6-27-59-28-7-29-60-38-15-17-39(18-16-38)62-47-42-21-19-40(61-32-34-8-3-2-4-9-34)31-45(42)63-48(47)35-10-12-36(51)13-11-35/h2-4,8-21,30-31,44,52H,1,5-7,22-29,32H2,(H,53,55,56). The highest BCUT2D eigenvalue weighted by molar-refractivity contribution is 9.10.